The summed E-state index contributed by atoms with van der Waals surface area (Å²) < 4.78 is 1.79. The third-order valence-corrected chi connectivity index (χ3v) is 2.75. The first-order valence-corrected chi connectivity index (χ1v) is 6.63. The van der Waals surface area contributed by atoms with E-state index in [1.54, 1.807) is 17.2 Å². The summed E-state index contributed by atoms with van der Waals surface area (Å²) in [6, 6.07) is 7.95. The Labute approximate surface area is 118 Å². The molecular weight excluding hydrogens is 254 g/mol. The van der Waals surface area contributed by atoms with Gasteiger partial charge in [-0.05, 0) is 18.2 Å². The highest BCUT2D eigenvalue weighted by molar-refractivity contribution is 5.91. The fourth-order valence-corrected chi connectivity index (χ4v) is 1.78. The molecule has 0 saturated heterocycles. The standard InChI is InChI=1S/C14H19N5O/c1-11(2)15-7-6-14(20)18-12-4-3-5-13(8-12)19-9-16-17-10-19/h3-5,8-11,15H,6-7H2,1-2H3,(H,18,20). The van der Waals surface area contributed by atoms with Gasteiger partial charge >= 0.3 is 0 Å². The average molecular weight is 273 g/mol. The average Bonchev–Trinajstić information content (AvgIpc) is 2.92. The van der Waals surface area contributed by atoms with Crippen molar-refractivity contribution < 1.29 is 4.79 Å². The molecule has 0 aliphatic rings. The second kappa shape index (κ2) is 6.81. The second-order valence-corrected chi connectivity index (χ2v) is 4.83. The topological polar surface area (TPSA) is 71.8 Å². The van der Waals surface area contributed by atoms with Crippen molar-refractivity contribution in [2.24, 2.45) is 0 Å². The van der Waals surface area contributed by atoms with Crippen LogP contribution in [0.4, 0.5) is 5.69 Å². The van der Waals surface area contributed by atoms with Crippen LogP contribution in [-0.2, 0) is 4.79 Å². The number of carbonyl (C=O) groups is 1. The van der Waals surface area contributed by atoms with Gasteiger partial charge < -0.3 is 10.6 Å². The van der Waals surface area contributed by atoms with Crippen LogP contribution >= 0.6 is 0 Å². The van der Waals surface area contributed by atoms with Gasteiger partial charge in [0.2, 0.25) is 5.91 Å². The Bertz CT molecular complexity index is 550. The highest BCUT2D eigenvalue weighted by atomic mass is 16.1. The molecule has 1 aromatic carbocycles. The Morgan fingerprint density at radius 1 is 1.30 bits per heavy atom. The first-order valence-electron chi connectivity index (χ1n) is 6.63. The molecule has 0 aliphatic heterocycles. The number of benzene rings is 1. The van der Waals surface area contributed by atoms with Gasteiger partial charge in [0, 0.05) is 24.7 Å². The number of nitrogens with zero attached hydrogens (tertiary/aromatic N) is 3. The molecule has 0 radical (unpaired) electrons. The molecule has 20 heavy (non-hydrogen) atoms. The normalized spacial score (nSPS) is 10.8. The Morgan fingerprint density at radius 2 is 2.05 bits per heavy atom. The molecule has 0 saturated carbocycles. The summed E-state index contributed by atoms with van der Waals surface area (Å²) in [5.74, 6) is -0.000874. The number of amides is 1. The van der Waals surface area contributed by atoms with Crippen LogP contribution in [0.15, 0.2) is 36.9 Å². The molecule has 0 fully saturated rings. The third-order valence-electron chi connectivity index (χ3n) is 2.75. The number of hydrogen-bond donors (Lipinski definition) is 2. The van der Waals surface area contributed by atoms with Gasteiger partial charge in [0.25, 0.3) is 0 Å². The molecule has 0 bridgehead atoms. The van der Waals surface area contributed by atoms with Crippen molar-refractivity contribution in [1.82, 2.24) is 20.1 Å². The molecule has 2 aromatic rings. The van der Waals surface area contributed by atoms with Crippen molar-refractivity contribution >= 4 is 11.6 Å². The van der Waals surface area contributed by atoms with E-state index in [2.05, 4.69) is 34.7 Å². The van der Waals surface area contributed by atoms with Gasteiger partial charge in [0.05, 0.1) is 5.69 Å². The zero-order valence-corrected chi connectivity index (χ0v) is 11.7. The Kier molecular flexibility index (Phi) is 4.84. The fourth-order valence-electron chi connectivity index (χ4n) is 1.78. The summed E-state index contributed by atoms with van der Waals surface area (Å²) in [5.41, 5.74) is 1.68. The Balaban J connectivity index is 1.93. The van der Waals surface area contributed by atoms with Crippen molar-refractivity contribution in [3.05, 3.63) is 36.9 Å². The minimum atomic E-state index is -0.000874. The number of carbonyl (C=O) groups excluding carboxylic acids is 1. The molecule has 1 aromatic heterocycles. The van der Waals surface area contributed by atoms with E-state index in [1.165, 1.54) is 0 Å². The number of aromatic nitrogens is 3. The highest BCUT2D eigenvalue weighted by Gasteiger charge is 2.04. The molecule has 2 N–H and O–H groups in total. The SMILES string of the molecule is CC(C)NCCC(=O)Nc1cccc(-n2cnnc2)c1. The van der Waals surface area contributed by atoms with Gasteiger partial charge in [-0.25, -0.2) is 0 Å². The summed E-state index contributed by atoms with van der Waals surface area (Å²) in [4.78, 5) is 11.8. The van der Waals surface area contributed by atoms with Crippen LogP contribution in [0.1, 0.15) is 20.3 Å². The number of nitrogens with one attached hydrogen (secondary N) is 2. The van der Waals surface area contributed by atoms with Crippen LogP contribution in [-0.4, -0.2) is 33.3 Å². The maximum atomic E-state index is 11.8. The van der Waals surface area contributed by atoms with Gasteiger partial charge in [-0.15, -0.1) is 10.2 Å². The summed E-state index contributed by atoms with van der Waals surface area (Å²) >= 11 is 0. The van der Waals surface area contributed by atoms with Crippen molar-refractivity contribution in [3.63, 3.8) is 0 Å². The van der Waals surface area contributed by atoms with Gasteiger partial charge in [0.15, 0.2) is 0 Å². The van der Waals surface area contributed by atoms with E-state index < -0.39 is 0 Å². The first kappa shape index (κ1) is 14.2. The van der Waals surface area contributed by atoms with E-state index in [-0.39, 0.29) is 5.91 Å². The molecule has 106 valence electrons. The van der Waals surface area contributed by atoms with Gasteiger partial charge in [-0.3, -0.25) is 9.36 Å². The van der Waals surface area contributed by atoms with Crippen molar-refractivity contribution in [2.45, 2.75) is 26.3 Å². The summed E-state index contributed by atoms with van der Waals surface area (Å²) in [5, 5.41) is 13.6. The van der Waals surface area contributed by atoms with E-state index in [4.69, 9.17) is 0 Å². The van der Waals surface area contributed by atoms with Crippen molar-refractivity contribution in [2.75, 3.05) is 11.9 Å². The maximum Gasteiger partial charge on any atom is 0.225 e. The van der Waals surface area contributed by atoms with Crippen LogP contribution in [0, 0.1) is 0 Å². The van der Waals surface area contributed by atoms with E-state index in [9.17, 15) is 4.79 Å². The molecule has 1 heterocycles. The predicted molar refractivity (Wildman–Crippen MR) is 77.7 cm³/mol. The van der Waals surface area contributed by atoms with Crippen LogP contribution in [0.5, 0.6) is 0 Å². The zero-order chi connectivity index (χ0) is 14.4. The maximum absolute atomic E-state index is 11.8. The molecule has 6 nitrogen and oxygen atoms in total. The lowest BCUT2D eigenvalue weighted by Crippen LogP contribution is -2.27. The summed E-state index contributed by atoms with van der Waals surface area (Å²) in [6.07, 6.45) is 3.69. The van der Waals surface area contributed by atoms with Crippen LogP contribution in [0.3, 0.4) is 0 Å². The lowest BCUT2D eigenvalue weighted by Gasteiger charge is -2.09. The lowest BCUT2D eigenvalue weighted by atomic mass is 10.2. The third kappa shape index (κ3) is 4.17. The zero-order valence-electron chi connectivity index (χ0n) is 11.7. The van der Waals surface area contributed by atoms with E-state index >= 15 is 0 Å². The summed E-state index contributed by atoms with van der Waals surface area (Å²) in [7, 11) is 0. The highest BCUT2D eigenvalue weighted by Crippen LogP contribution is 2.14. The molecular formula is C14H19N5O. The molecule has 1 amide bonds. The second-order valence-electron chi connectivity index (χ2n) is 4.83. The number of rotatable bonds is 6. The molecule has 2 rings (SSSR count). The molecule has 0 aliphatic carbocycles. The summed E-state index contributed by atoms with van der Waals surface area (Å²) in [6.45, 7) is 4.79. The van der Waals surface area contributed by atoms with Gasteiger partial charge in [-0.2, -0.15) is 0 Å². The van der Waals surface area contributed by atoms with Crippen LogP contribution in [0.2, 0.25) is 0 Å². The van der Waals surface area contributed by atoms with E-state index in [1.807, 2.05) is 24.3 Å². The van der Waals surface area contributed by atoms with Crippen molar-refractivity contribution in [3.8, 4) is 5.69 Å². The predicted octanol–water partition coefficient (Wildman–Crippen LogP) is 1.59. The van der Waals surface area contributed by atoms with Crippen LogP contribution < -0.4 is 10.6 Å². The molecule has 0 unspecified atom stereocenters. The minimum Gasteiger partial charge on any atom is -0.326 e. The Morgan fingerprint density at radius 3 is 2.75 bits per heavy atom. The largest absolute Gasteiger partial charge is 0.326 e. The minimum absolute atomic E-state index is 0.000874. The van der Waals surface area contributed by atoms with E-state index in [0.29, 0.717) is 19.0 Å². The van der Waals surface area contributed by atoms with Crippen LogP contribution in [0.25, 0.3) is 5.69 Å². The fraction of sp³-hybridized carbons (Fsp3) is 0.357. The molecule has 0 spiro atoms. The van der Waals surface area contributed by atoms with Gasteiger partial charge in [-0.1, -0.05) is 19.9 Å². The molecule has 0 atom stereocenters. The number of anilines is 1. The van der Waals surface area contributed by atoms with Crippen molar-refractivity contribution in [1.29, 1.82) is 0 Å². The monoisotopic (exact) mass is 273 g/mol. The lowest BCUT2D eigenvalue weighted by molar-refractivity contribution is -0.116. The number of hydrogen-bond acceptors (Lipinski definition) is 4. The van der Waals surface area contributed by atoms with Gasteiger partial charge in [0.1, 0.15) is 12.7 Å². The Hall–Kier alpha value is -2.21. The molecule has 6 heteroatoms. The quantitative estimate of drug-likeness (QED) is 0.838. The smallest absolute Gasteiger partial charge is 0.225 e. The van der Waals surface area contributed by atoms with E-state index in [0.717, 1.165) is 11.4 Å². The first-order chi connectivity index (χ1) is 9.65.